The van der Waals surface area contributed by atoms with Crippen LogP contribution in [0.3, 0.4) is 0 Å². The van der Waals surface area contributed by atoms with Crippen LogP contribution in [0.5, 0.6) is 0 Å². The zero-order valence-corrected chi connectivity index (χ0v) is 13.3. The minimum Gasteiger partial charge on any atom is -0.381 e. The van der Waals surface area contributed by atoms with E-state index >= 15 is 0 Å². The first-order chi connectivity index (χ1) is 10.5. The third kappa shape index (κ3) is 3.97. The summed E-state index contributed by atoms with van der Waals surface area (Å²) in [5.41, 5.74) is 0. The molecule has 2 aliphatic heterocycles. The first-order valence-corrected chi connectivity index (χ1v) is 7.86. The van der Waals surface area contributed by atoms with Crippen molar-refractivity contribution in [3.63, 3.8) is 0 Å². The monoisotopic (exact) mass is 311 g/mol. The molecule has 2 heterocycles. The van der Waals surface area contributed by atoms with E-state index in [1.165, 1.54) is 6.92 Å². The van der Waals surface area contributed by atoms with E-state index in [0.717, 1.165) is 12.8 Å². The number of hydrogen-bond donors (Lipinski definition) is 1. The lowest BCUT2D eigenvalue weighted by molar-refractivity contribution is -0.139. The molecule has 1 atom stereocenters. The number of rotatable bonds is 2. The Morgan fingerprint density at radius 3 is 2.18 bits per heavy atom. The lowest BCUT2D eigenvalue weighted by atomic mass is 9.98. The second-order valence-electron chi connectivity index (χ2n) is 5.95. The summed E-state index contributed by atoms with van der Waals surface area (Å²) in [5.74, 6) is -0.502. The Kier molecular flexibility index (Phi) is 5.76. The van der Waals surface area contributed by atoms with Crippen molar-refractivity contribution < 1.29 is 19.1 Å². The van der Waals surface area contributed by atoms with Gasteiger partial charge in [-0.2, -0.15) is 0 Å². The topological polar surface area (TPSA) is 79.0 Å². The van der Waals surface area contributed by atoms with Gasteiger partial charge in [-0.15, -0.1) is 0 Å². The predicted octanol–water partition coefficient (Wildman–Crippen LogP) is -0.534. The summed E-state index contributed by atoms with van der Waals surface area (Å²) in [6.45, 7) is 4.44. The number of ether oxygens (including phenoxy) is 1. The van der Waals surface area contributed by atoms with Crippen LogP contribution in [0.15, 0.2) is 0 Å². The van der Waals surface area contributed by atoms with Gasteiger partial charge in [0, 0.05) is 59.3 Å². The molecule has 1 unspecified atom stereocenters. The van der Waals surface area contributed by atoms with E-state index in [1.807, 2.05) is 0 Å². The van der Waals surface area contributed by atoms with Gasteiger partial charge in [-0.25, -0.2) is 0 Å². The van der Waals surface area contributed by atoms with Gasteiger partial charge < -0.3 is 19.9 Å². The Hall–Kier alpha value is -1.63. The Bertz CT molecular complexity index is 435. The molecule has 7 heteroatoms. The van der Waals surface area contributed by atoms with Crippen molar-refractivity contribution in [1.29, 1.82) is 0 Å². The lowest BCUT2D eigenvalue weighted by Crippen LogP contribution is -2.44. The summed E-state index contributed by atoms with van der Waals surface area (Å²) >= 11 is 0. The summed E-state index contributed by atoms with van der Waals surface area (Å²) in [4.78, 5) is 39.8. The van der Waals surface area contributed by atoms with Crippen molar-refractivity contribution in [2.75, 3.05) is 46.4 Å². The number of nitrogens with zero attached hydrogens (tertiary/aromatic N) is 2. The zero-order valence-electron chi connectivity index (χ0n) is 13.3. The molecule has 1 N–H and O–H groups in total. The molecule has 3 amide bonds. The van der Waals surface area contributed by atoms with Crippen LogP contribution in [0.25, 0.3) is 0 Å². The molecule has 22 heavy (non-hydrogen) atoms. The average molecular weight is 311 g/mol. The molecule has 124 valence electrons. The molecule has 0 aliphatic carbocycles. The number of carbonyl (C=O) groups excluding carboxylic acids is 3. The van der Waals surface area contributed by atoms with Gasteiger partial charge in [0.2, 0.25) is 17.7 Å². The first kappa shape index (κ1) is 16.7. The van der Waals surface area contributed by atoms with E-state index in [2.05, 4.69) is 5.32 Å². The molecule has 2 fully saturated rings. The third-order valence-electron chi connectivity index (χ3n) is 4.47. The molecule has 0 aromatic heterocycles. The molecule has 0 spiro atoms. The molecule has 0 saturated carbocycles. The van der Waals surface area contributed by atoms with Gasteiger partial charge in [0.05, 0.1) is 5.92 Å². The highest BCUT2D eigenvalue weighted by Crippen LogP contribution is 2.20. The molecule has 2 saturated heterocycles. The predicted molar refractivity (Wildman–Crippen MR) is 79.9 cm³/mol. The van der Waals surface area contributed by atoms with E-state index in [0.29, 0.717) is 39.4 Å². The van der Waals surface area contributed by atoms with Gasteiger partial charge in [0.15, 0.2) is 0 Å². The highest BCUT2D eigenvalue weighted by molar-refractivity contribution is 5.83. The van der Waals surface area contributed by atoms with Gasteiger partial charge in [-0.1, -0.05) is 0 Å². The standard InChI is InChI=1S/C15H25N3O4/c1-11(19)17-5-6-18(10-13(9-17)14(20)16-2)15(21)12-3-7-22-8-4-12/h12-13H,3-10H2,1-2H3,(H,16,20). The van der Waals surface area contributed by atoms with Crippen molar-refractivity contribution in [3.05, 3.63) is 0 Å². The van der Waals surface area contributed by atoms with Gasteiger partial charge >= 0.3 is 0 Å². The molecule has 0 aromatic carbocycles. The van der Waals surface area contributed by atoms with Gasteiger partial charge in [-0.05, 0) is 12.8 Å². The van der Waals surface area contributed by atoms with Crippen molar-refractivity contribution >= 4 is 17.7 Å². The minimum atomic E-state index is -0.375. The summed E-state index contributed by atoms with van der Waals surface area (Å²) in [5, 5.41) is 2.63. The smallest absolute Gasteiger partial charge is 0.226 e. The number of nitrogens with one attached hydrogen (secondary N) is 1. The average Bonchev–Trinajstić information content (AvgIpc) is 2.77. The minimum absolute atomic E-state index is 0.0250. The van der Waals surface area contributed by atoms with E-state index < -0.39 is 0 Å². The number of amides is 3. The molecule has 2 aliphatic rings. The summed E-state index contributed by atoms with van der Waals surface area (Å²) in [6.07, 6.45) is 1.47. The van der Waals surface area contributed by atoms with E-state index in [1.54, 1.807) is 16.8 Å². The largest absolute Gasteiger partial charge is 0.381 e. The Labute approximate surface area is 131 Å². The van der Waals surface area contributed by atoms with Crippen LogP contribution in [0.2, 0.25) is 0 Å². The van der Waals surface area contributed by atoms with Crippen LogP contribution < -0.4 is 5.32 Å². The molecule has 2 rings (SSSR count). The summed E-state index contributed by atoms with van der Waals surface area (Å²) in [6, 6.07) is 0. The molecular weight excluding hydrogens is 286 g/mol. The van der Waals surface area contributed by atoms with Crippen LogP contribution in [0, 0.1) is 11.8 Å². The van der Waals surface area contributed by atoms with Crippen LogP contribution in [-0.2, 0) is 19.1 Å². The SMILES string of the molecule is CNC(=O)C1CN(C(C)=O)CCN(C(=O)C2CCOCC2)C1. The van der Waals surface area contributed by atoms with Crippen LogP contribution >= 0.6 is 0 Å². The van der Waals surface area contributed by atoms with E-state index in [4.69, 9.17) is 4.74 Å². The first-order valence-electron chi connectivity index (χ1n) is 7.86. The Morgan fingerprint density at radius 2 is 1.59 bits per heavy atom. The van der Waals surface area contributed by atoms with Gasteiger partial charge in [0.1, 0.15) is 0 Å². The molecule has 7 nitrogen and oxygen atoms in total. The highest BCUT2D eigenvalue weighted by Gasteiger charge is 2.33. The third-order valence-corrected chi connectivity index (χ3v) is 4.47. The van der Waals surface area contributed by atoms with Crippen molar-refractivity contribution in [2.24, 2.45) is 11.8 Å². The van der Waals surface area contributed by atoms with Crippen molar-refractivity contribution in [3.8, 4) is 0 Å². The fourth-order valence-electron chi connectivity index (χ4n) is 3.07. The Morgan fingerprint density at radius 1 is 1.00 bits per heavy atom. The van der Waals surface area contributed by atoms with Crippen molar-refractivity contribution in [2.45, 2.75) is 19.8 Å². The quantitative estimate of drug-likeness (QED) is 0.743. The van der Waals surface area contributed by atoms with Crippen molar-refractivity contribution in [1.82, 2.24) is 15.1 Å². The lowest BCUT2D eigenvalue weighted by Gasteiger charge is -2.29. The maximum atomic E-state index is 12.7. The van der Waals surface area contributed by atoms with E-state index in [9.17, 15) is 14.4 Å². The maximum Gasteiger partial charge on any atom is 0.226 e. The summed E-state index contributed by atoms with van der Waals surface area (Å²) < 4.78 is 5.30. The fourth-order valence-corrected chi connectivity index (χ4v) is 3.07. The molecular formula is C15H25N3O4. The summed E-state index contributed by atoms with van der Waals surface area (Å²) in [7, 11) is 1.58. The molecule has 0 aromatic rings. The van der Waals surface area contributed by atoms with Crippen LogP contribution in [0.1, 0.15) is 19.8 Å². The van der Waals surface area contributed by atoms with Crippen LogP contribution in [0.4, 0.5) is 0 Å². The Balaban J connectivity index is 2.08. The number of carbonyl (C=O) groups is 3. The number of hydrogen-bond acceptors (Lipinski definition) is 4. The normalized spacial score (nSPS) is 23.8. The second kappa shape index (κ2) is 7.58. The highest BCUT2D eigenvalue weighted by atomic mass is 16.5. The van der Waals surface area contributed by atoms with Gasteiger partial charge in [-0.3, -0.25) is 14.4 Å². The molecule has 0 radical (unpaired) electrons. The second-order valence-corrected chi connectivity index (χ2v) is 5.95. The van der Waals surface area contributed by atoms with Gasteiger partial charge in [0.25, 0.3) is 0 Å². The molecule has 0 bridgehead atoms. The zero-order chi connectivity index (χ0) is 16.1. The fraction of sp³-hybridized carbons (Fsp3) is 0.800. The van der Waals surface area contributed by atoms with E-state index in [-0.39, 0.29) is 29.6 Å². The maximum absolute atomic E-state index is 12.7. The van der Waals surface area contributed by atoms with Crippen LogP contribution in [-0.4, -0.2) is 74.0 Å².